The largest absolute Gasteiger partial charge is 0.501 e. The van der Waals surface area contributed by atoms with Gasteiger partial charge in [-0.1, -0.05) is 6.58 Å². The van der Waals surface area contributed by atoms with Crippen molar-refractivity contribution in [2.75, 3.05) is 6.61 Å². The summed E-state index contributed by atoms with van der Waals surface area (Å²) >= 11 is 0. The van der Waals surface area contributed by atoms with Crippen LogP contribution in [0.25, 0.3) is 0 Å². The molecule has 0 aromatic rings. The lowest BCUT2D eigenvalue weighted by Crippen LogP contribution is -2.25. The standard InChI is InChI=1S/C7H10O4/c1-2-11-4-5-3-7(5,10)6(8)9/h2,5,10H,1,3-4H2,(H,8,9). The highest BCUT2D eigenvalue weighted by molar-refractivity contribution is 5.81. The molecule has 4 heteroatoms. The molecule has 4 nitrogen and oxygen atoms in total. The molecule has 0 saturated heterocycles. The van der Waals surface area contributed by atoms with Crippen molar-refractivity contribution in [3.05, 3.63) is 12.8 Å². The molecule has 1 saturated carbocycles. The van der Waals surface area contributed by atoms with Gasteiger partial charge in [-0.05, 0) is 6.42 Å². The summed E-state index contributed by atoms with van der Waals surface area (Å²) in [5, 5.41) is 17.6. The van der Waals surface area contributed by atoms with Crippen molar-refractivity contribution in [2.24, 2.45) is 5.92 Å². The molecule has 0 spiro atoms. The Balaban J connectivity index is 2.34. The highest BCUT2D eigenvalue weighted by Crippen LogP contribution is 2.43. The van der Waals surface area contributed by atoms with E-state index in [1.165, 1.54) is 6.26 Å². The molecule has 0 amide bonds. The Kier molecular flexibility index (Phi) is 1.87. The summed E-state index contributed by atoms with van der Waals surface area (Å²) < 4.78 is 4.74. The lowest BCUT2D eigenvalue weighted by atomic mass is 10.3. The molecule has 11 heavy (non-hydrogen) atoms. The first-order chi connectivity index (χ1) is 5.11. The average molecular weight is 158 g/mol. The van der Waals surface area contributed by atoms with E-state index in [1.807, 2.05) is 0 Å². The second kappa shape index (κ2) is 2.54. The Morgan fingerprint density at radius 2 is 2.55 bits per heavy atom. The Hall–Kier alpha value is -1.03. The molecule has 2 N–H and O–H groups in total. The number of aliphatic carboxylic acids is 1. The van der Waals surface area contributed by atoms with E-state index >= 15 is 0 Å². The van der Waals surface area contributed by atoms with E-state index in [1.54, 1.807) is 0 Å². The van der Waals surface area contributed by atoms with Crippen molar-refractivity contribution in [3.8, 4) is 0 Å². The van der Waals surface area contributed by atoms with Crippen LogP contribution in [0.2, 0.25) is 0 Å². The summed E-state index contributed by atoms with van der Waals surface area (Å²) in [6.07, 6.45) is 1.51. The zero-order valence-electron chi connectivity index (χ0n) is 5.99. The van der Waals surface area contributed by atoms with Gasteiger partial charge in [0.05, 0.1) is 12.9 Å². The number of rotatable bonds is 4. The van der Waals surface area contributed by atoms with Gasteiger partial charge in [0.15, 0.2) is 5.60 Å². The fourth-order valence-corrected chi connectivity index (χ4v) is 0.960. The molecule has 0 bridgehead atoms. The number of carbonyl (C=O) groups is 1. The number of hydrogen-bond donors (Lipinski definition) is 2. The number of aliphatic hydroxyl groups is 1. The smallest absolute Gasteiger partial charge is 0.336 e. The molecule has 1 fully saturated rings. The zero-order valence-corrected chi connectivity index (χ0v) is 5.99. The fourth-order valence-electron chi connectivity index (χ4n) is 0.960. The maximum atomic E-state index is 10.3. The number of hydrogen-bond acceptors (Lipinski definition) is 3. The third-order valence-corrected chi connectivity index (χ3v) is 1.86. The average Bonchev–Trinajstić information content (AvgIpc) is 2.59. The fraction of sp³-hybridized carbons (Fsp3) is 0.571. The van der Waals surface area contributed by atoms with Crippen molar-refractivity contribution in [1.82, 2.24) is 0 Å². The molecule has 62 valence electrons. The second-order valence-electron chi connectivity index (χ2n) is 2.63. The van der Waals surface area contributed by atoms with Gasteiger partial charge in [0.2, 0.25) is 0 Å². The van der Waals surface area contributed by atoms with Gasteiger partial charge in [0.25, 0.3) is 0 Å². The normalized spacial score (nSPS) is 34.5. The minimum absolute atomic E-state index is 0.228. The van der Waals surface area contributed by atoms with Crippen LogP contribution in [0.5, 0.6) is 0 Å². The van der Waals surface area contributed by atoms with E-state index in [4.69, 9.17) is 9.84 Å². The Morgan fingerprint density at radius 1 is 1.91 bits per heavy atom. The number of carboxylic acid groups (broad SMARTS) is 1. The molecule has 1 aliphatic rings. The molecule has 0 radical (unpaired) electrons. The van der Waals surface area contributed by atoms with Crippen LogP contribution in [0.3, 0.4) is 0 Å². The Morgan fingerprint density at radius 3 is 2.91 bits per heavy atom. The summed E-state index contributed by atoms with van der Waals surface area (Å²) in [7, 11) is 0. The lowest BCUT2D eigenvalue weighted by molar-refractivity contribution is -0.150. The van der Waals surface area contributed by atoms with Crippen LogP contribution in [0.1, 0.15) is 6.42 Å². The van der Waals surface area contributed by atoms with Gasteiger partial charge in [0, 0.05) is 5.92 Å². The third kappa shape index (κ3) is 1.35. The first-order valence-electron chi connectivity index (χ1n) is 3.29. The van der Waals surface area contributed by atoms with E-state index in [2.05, 4.69) is 6.58 Å². The molecule has 1 rings (SSSR count). The van der Waals surface area contributed by atoms with Crippen LogP contribution in [0.4, 0.5) is 0 Å². The summed E-state index contributed by atoms with van der Waals surface area (Å²) in [6, 6.07) is 0. The van der Waals surface area contributed by atoms with E-state index < -0.39 is 11.6 Å². The van der Waals surface area contributed by atoms with E-state index in [0.717, 1.165) is 0 Å². The molecule has 0 aliphatic heterocycles. The molecular formula is C7H10O4. The van der Waals surface area contributed by atoms with Crippen LogP contribution >= 0.6 is 0 Å². The van der Waals surface area contributed by atoms with Crippen LogP contribution in [-0.2, 0) is 9.53 Å². The zero-order chi connectivity index (χ0) is 8.48. The second-order valence-corrected chi connectivity index (χ2v) is 2.63. The van der Waals surface area contributed by atoms with Crippen LogP contribution in [0.15, 0.2) is 12.8 Å². The highest BCUT2D eigenvalue weighted by Gasteiger charge is 2.59. The molecule has 0 aromatic carbocycles. The molecule has 2 unspecified atom stereocenters. The molecular weight excluding hydrogens is 148 g/mol. The molecule has 0 heterocycles. The van der Waals surface area contributed by atoms with Gasteiger partial charge in [-0.3, -0.25) is 0 Å². The molecule has 0 aromatic heterocycles. The SMILES string of the molecule is C=COCC1CC1(O)C(=O)O. The summed E-state index contributed by atoms with van der Waals surface area (Å²) in [4.78, 5) is 10.3. The van der Waals surface area contributed by atoms with E-state index in [0.29, 0.717) is 0 Å². The predicted molar refractivity (Wildman–Crippen MR) is 36.8 cm³/mol. The Labute approximate surface area is 64.1 Å². The summed E-state index contributed by atoms with van der Waals surface area (Å²) in [5.41, 5.74) is -1.54. The monoisotopic (exact) mass is 158 g/mol. The highest BCUT2D eigenvalue weighted by atomic mass is 16.5. The number of carboxylic acids is 1. The number of ether oxygens (including phenoxy) is 1. The van der Waals surface area contributed by atoms with Gasteiger partial charge in [-0.25, -0.2) is 4.79 Å². The molecule has 2 atom stereocenters. The van der Waals surface area contributed by atoms with Crippen molar-refractivity contribution >= 4 is 5.97 Å². The van der Waals surface area contributed by atoms with Crippen molar-refractivity contribution in [3.63, 3.8) is 0 Å². The quantitative estimate of drug-likeness (QED) is 0.564. The molecule has 1 aliphatic carbocycles. The van der Waals surface area contributed by atoms with Gasteiger partial charge < -0.3 is 14.9 Å². The topological polar surface area (TPSA) is 66.8 Å². The third-order valence-electron chi connectivity index (χ3n) is 1.86. The maximum absolute atomic E-state index is 10.3. The maximum Gasteiger partial charge on any atom is 0.336 e. The van der Waals surface area contributed by atoms with Crippen LogP contribution < -0.4 is 0 Å². The van der Waals surface area contributed by atoms with Crippen LogP contribution in [-0.4, -0.2) is 28.4 Å². The summed E-state index contributed by atoms with van der Waals surface area (Å²) in [6.45, 7) is 3.53. The lowest BCUT2D eigenvalue weighted by Gasteiger charge is -2.02. The minimum atomic E-state index is -1.54. The van der Waals surface area contributed by atoms with E-state index in [-0.39, 0.29) is 18.9 Å². The van der Waals surface area contributed by atoms with Gasteiger partial charge in [0.1, 0.15) is 0 Å². The van der Waals surface area contributed by atoms with Gasteiger partial charge in [-0.15, -0.1) is 0 Å². The van der Waals surface area contributed by atoms with Crippen molar-refractivity contribution in [1.29, 1.82) is 0 Å². The first kappa shape index (κ1) is 8.07. The van der Waals surface area contributed by atoms with Crippen molar-refractivity contribution < 1.29 is 19.7 Å². The summed E-state index contributed by atoms with van der Waals surface area (Å²) in [5.74, 6) is -1.45. The first-order valence-corrected chi connectivity index (χ1v) is 3.29. The van der Waals surface area contributed by atoms with Crippen LogP contribution in [0, 0.1) is 5.92 Å². The Bertz CT molecular complexity index is 189. The van der Waals surface area contributed by atoms with E-state index in [9.17, 15) is 9.90 Å². The predicted octanol–water partition coefficient (Wildman–Crippen LogP) is -0.0179. The van der Waals surface area contributed by atoms with Gasteiger partial charge in [-0.2, -0.15) is 0 Å². The minimum Gasteiger partial charge on any atom is -0.501 e. The van der Waals surface area contributed by atoms with Crippen molar-refractivity contribution in [2.45, 2.75) is 12.0 Å². The van der Waals surface area contributed by atoms with Gasteiger partial charge >= 0.3 is 5.97 Å².